The second kappa shape index (κ2) is 7.45. The van der Waals surface area contributed by atoms with Gasteiger partial charge in [-0.3, -0.25) is 9.10 Å². The highest BCUT2D eigenvalue weighted by Gasteiger charge is 2.31. The van der Waals surface area contributed by atoms with Crippen LogP contribution in [0.25, 0.3) is 0 Å². The second-order valence-corrected chi connectivity index (χ2v) is 7.32. The Balaban J connectivity index is 3.09. The summed E-state index contributed by atoms with van der Waals surface area (Å²) in [5.41, 5.74) is 0.506. The molecule has 1 aromatic rings. The Morgan fingerprint density at radius 3 is 2.24 bits per heavy atom. The summed E-state index contributed by atoms with van der Waals surface area (Å²) in [5, 5.41) is 2.81. The van der Waals surface area contributed by atoms with E-state index in [0.29, 0.717) is 24.6 Å². The third-order valence-corrected chi connectivity index (χ3v) is 4.20. The van der Waals surface area contributed by atoms with Gasteiger partial charge in [-0.2, -0.15) is 0 Å². The quantitative estimate of drug-likeness (QED) is 0.837. The predicted octanol–water partition coefficient (Wildman–Crippen LogP) is 2.00. The number of hydrogen-bond donors (Lipinski definition) is 1. The number of nitrogens with zero attached hydrogens (tertiary/aromatic N) is 1. The number of nitrogens with one attached hydrogen (secondary N) is 1. The van der Waals surface area contributed by atoms with Crippen LogP contribution in [-0.2, 0) is 14.8 Å². The molecule has 0 saturated heterocycles. The Labute approximate surface area is 127 Å². The van der Waals surface area contributed by atoms with Gasteiger partial charge in [0.2, 0.25) is 15.9 Å². The number of rotatable bonds is 7. The third-order valence-electron chi connectivity index (χ3n) is 3.02. The lowest BCUT2D eigenvalue weighted by atomic mass is 10.1. The third kappa shape index (κ3) is 5.04. The molecule has 6 heteroatoms. The van der Waals surface area contributed by atoms with E-state index in [1.54, 1.807) is 31.2 Å². The number of carbonyl (C=O) groups excluding carboxylic acids is 1. The first-order valence-corrected chi connectivity index (χ1v) is 8.94. The molecule has 0 fully saturated rings. The van der Waals surface area contributed by atoms with Crippen molar-refractivity contribution in [3.8, 4) is 0 Å². The molecule has 1 aromatic carbocycles. The zero-order valence-corrected chi connectivity index (χ0v) is 13.9. The van der Waals surface area contributed by atoms with Crippen LogP contribution in [0.2, 0.25) is 0 Å². The maximum atomic E-state index is 12.3. The van der Waals surface area contributed by atoms with Crippen molar-refractivity contribution in [3.63, 3.8) is 0 Å². The number of hydrogen-bond acceptors (Lipinski definition) is 3. The van der Waals surface area contributed by atoms with Gasteiger partial charge < -0.3 is 5.32 Å². The minimum absolute atomic E-state index is 0.263. The summed E-state index contributed by atoms with van der Waals surface area (Å²) in [7, 11) is -3.54. The maximum Gasteiger partial charge on any atom is 0.243 e. The van der Waals surface area contributed by atoms with E-state index in [1.165, 1.54) is 4.31 Å². The van der Waals surface area contributed by atoms with E-state index in [-0.39, 0.29) is 5.91 Å². The molecule has 0 spiro atoms. The zero-order valence-electron chi connectivity index (χ0n) is 13.0. The van der Waals surface area contributed by atoms with Gasteiger partial charge in [-0.1, -0.05) is 39.0 Å². The minimum Gasteiger partial charge on any atom is -0.354 e. The summed E-state index contributed by atoms with van der Waals surface area (Å²) in [4.78, 5) is 12.3. The molecule has 0 bridgehead atoms. The molecule has 21 heavy (non-hydrogen) atoms. The summed E-state index contributed by atoms with van der Waals surface area (Å²) in [5.74, 6) is 0.0512. The summed E-state index contributed by atoms with van der Waals surface area (Å²) in [6.45, 7) is 6.32. The first-order chi connectivity index (χ1) is 9.77. The van der Waals surface area contributed by atoms with Crippen molar-refractivity contribution >= 4 is 21.6 Å². The van der Waals surface area contributed by atoms with Crippen LogP contribution in [0, 0.1) is 5.92 Å². The van der Waals surface area contributed by atoms with Crippen LogP contribution < -0.4 is 9.62 Å². The topological polar surface area (TPSA) is 66.5 Å². The standard InChI is InChI=1S/C15H24N2O3S/c1-5-14(15(18)16-11-12(2)3)17(21(4,19)20)13-9-7-6-8-10-13/h6-10,12,14H,5,11H2,1-4H3,(H,16,18)/t14-/m0/s1. The monoisotopic (exact) mass is 312 g/mol. The number of carbonyl (C=O) groups is 1. The average molecular weight is 312 g/mol. The SMILES string of the molecule is CC[C@@H](C(=O)NCC(C)C)N(c1ccccc1)S(C)(=O)=O. The molecule has 0 aliphatic rings. The molecule has 1 N–H and O–H groups in total. The van der Waals surface area contributed by atoms with E-state index in [0.717, 1.165) is 6.26 Å². The van der Waals surface area contributed by atoms with Gasteiger partial charge in [0.1, 0.15) is 6.04 Å². The number of amides is 1. The molecular weight excluding hydrogens is 288 g/mol. The molecule has 5 nitrogen and oxygen atoms in total. The van der Waals surface area contributed by atoms with Gasteiger partial charge in [0.05, 0.1) is 11.9 Å². The summed E-state index contributed by atoms with van der Waals surface area (Å²) >= 11 is 0. The van der Waals surface area contributed by atoms with Crippen molar-refractivity contribution in [3.05, 3.63) is 30.3 Å². The highest BCUT2D eigenvalue weighted by molar-refractivity contribution is 7.92. The van der Waals surface area contributed by atoms with Crippen molar-refractivity contribution in [1.29, 1.82) is 0 Å². The molecule has 0 aromatic heterocycles. The van der Waals surface area contributed by atoms with Gasteiger partial charge in [0.25, 0.3) is 0 Å². The smallest absolute Gasteiger partial charge is 0.243 e. The Bertz CT molecular complexity index is 556. The molecule has 1 amide bonds. The van der Waals surface area contributed by atoms with Crippen molar-refractivity contribution in [1.82, 2.24) is 5.32 Å². The van der Waals surface area contributed by atoms with Crippen LogP contribution in [0.4, 0.5) is 5.69 Å². The van der Waals surface area contributed by atoms with Crippen LogP contribution in [0.3, 0.4) is 0 Å². The second-order valence-electron chi connectivity index (χ2n) is 5.46. The van der Waals surface area contributed by atoms with Crippen molar-refractivity contribution in [2.75, 3.05) is 17.1 Å². The van der Waals surface area contributed by atoms with Gasteiger partial charge >= 0.3 is 0 Å². The predicted molar refractivity (Wildman–Crippen MR) is 85.7 cm³/mol. The Hall–Kier alpha value is -1.56. The molecule has 0 saturated carbocycles. The average Bonchev–Trinajstić information content (AvgIpc) is 2.41. The van der Waals surface area contributed by atoms with Gasteiger partial charge in [0, 0.05) is 6.54 Å². The molecule has 0 heterocycles. The lowest BCUT2D eigenvalue weighted by Crippen LogP contribution is -2.49. The van der Waals surface area contributed by atoms with Crippen LogP contribution >= 0.6 is 0 Å². The maximum absolute atomic E-state index is 12.3. The minimum atomic E-state index is -3.54. The fraction of sp³-hybridized carbons (Fsp3) is 0.533. The summed E-state index contributed by atoms with van der Waals surface area (Å²) in [6, 6.07) is 7.97. The lowest BCUT2D eigenvalue weighted by Gasteiger charge is -2.30. The van der Waals surface area contributed by atoms with Crippen LogP contribution in [0.1, 0.15) is 27.2 Å². The molecule has 0 radical (unpaired) electrons. The fourth-order valence-corrected chi connectivity index (χ4v) is 3.27. The van der Waals surface area contributed by atoms with E-state index in [4.69, 9.17) is 0 Å². The van der Waals surface area contributed by atoms with E-state index in [2.05, 4.69) is 5.32 Å². The van der Waals surface area contributed by atoms with Gasteiger partial charge in [0.15, 0.2) is 0 Å². The molecule has 0 aliphatic heterocycles. The molecule has 0 unspecified atom stereocenters. The normalized spacial score (nSPS) is 13.0. The van der Waals surface area contributed by atoms with Gasteiger partial charge in [-0.15, -0.1) is 0 Å². The summed E-state index contributed by atoms with van der Waals surface area (Å²) in [6.07, 6.45) is 1.53. The van der Waals surface area contributed by atoms with E-state index in [9.17, 15) is 13.2 Å². The first kappa shape index (κ1) is 17.5. The molecule has 118 valence electrons. The molecule has 1 atom stereocenters. The highest BCUT2D eigenvalue weighted by Crippen LogP contribution is 2.21. The first-order valence-electron chi connectivity index (χ1n) is 7.09. The van der Waals surface area contributed by atoms with Crippen molar-refractivity contribution in [2.45, 2.75) is 33.2 Å². The van der Waals surface area contributed by atoms with Gasteiger partial charge in [-0.05, 0) is 24.5 Å². The van der Waals surface area contributed by atoms with Gasteiger partial charge in [-0.25, -0.2) is 8.42 Å². The van der Waals surface area contributed by atoms with E-state index < -0.39 is 16.1 Å². The highest BCUT2D eigenvalue weighted by atomic mass is 32.2. The van der Waals surface area contributed by atoms with E-state index >= 15 is 0 Å². The van der Waals surface area contributed by atoms with Crippen LogP contribution in [-0.4, -0.2) is 33.2 Å². The molecule has 1 rings (SSSR count). The number of anilines is 1. The van der Waals surface area contributed by atoms with Crippen molar-refractivity contribution < 1.29 is 13.2 Å². The van der Waals surface area contributed by atoms with Crippen LogP contribution in [0.5, 0.6) is 0 Å². The largest absolute Gasteiger partial charge is 0.354 e. The Kier molecular flexibility index (Phi) is 6.20. The Morgan fingerprint density at radius 2 is 1.81 bits per heavy atom. The number of para-hydroxylation sites is 1. The van der Waals surface area contributed by atoms with Crippen molar-refractivity contribution in [2.24, 2.45) is 5.92 Å². The summed E-state index contributed by atoms with van der Waals surface area (Å²) < 4.78 is 25.4. The van der Waals surface area contributed by atoms with E-state index in [1.807, 2.05) is 19.9 Å². The lowest BCUT2D eigenvalue weighted by molar-refractivity contribution is -0.122. The molecule has 0 aliphatic carbocycles. The number of sulfonamides is 1. The fourth-order valence-electron chi connectivity index (χ4n) is 2.06. The zero-order chi connectivity index (χ0) is 16.0. The molecular formula is C15H24N2O3S. The Morgan fingerprint density at radius 1 is 1.24 bits per heavy atom. The van der Waals surface area contributed by atoms with Crippen LogP contribution in [0.15, 0.2) is 30.3 Å². The number of benzene rings is 1.